The van der Waals surface area contributed by atoms with E-state index < -0.39 is 5.60 Å². The molecular weight excluding hydrogens is 372 g/mol. The van der Waals surface area contributed by atoms with Crippen LogP contribution in [0.2, 0.25) is 0 Å². The number of thioether (sulfide) groups is 1. The van der Waals surface area contributed by atoms with Crippen molar-refractivity contribution in [2.75, 3.05) is 43.0 Å². The van der Waals surface area contributed by atoms with Crippen molar-refractivity contribution >= 4 is 35.5 Å². The molecule has 10 heteroatoms. The summed E-state index contributed by atoms with van der Waals surface area (Å²) in [4.78, 5) is 39.4. The second-order valence-corrected chi connectivity index (χ2v) is 8.20. The van der Waals surface area contributed by atoms with Gasteiger partial charge in [0.15, 0.2) is 5.82 Å². The van der Waals surface area contributed by atoms with Crippen LogP contribution in [0.4, 0.5) is 10.6 Å². The summed E-state index contributed by atoms with van der Waals surface area (Å²) in [7, 11) is 0. The van der Waals surface area contributed by atoms with E-state index in [2.05, 4.69) is 10.5 Å². The number of aromatic nitrogens is 1. The zero-order valence-electron chi connectivity index (χ0n) is 16.1. The molecule has 150 valence electrons. The highest BCUT2D eigenvalue weighted by Crippen LogP contribution is 2.13. The van der Waals surface area contributed by atoms with E-state index in [9.17, 15) is 14.4 Å². The lowest BCUT2D eigenvalue weighted by Crippen LogP contribution is -2.52. The quantitative estimate of drug-likeness (QED) is 0.805. The molecule has 27 heavy (non-hydrogen) atoms. The number of nitrogens with zero attached hydrogens (tertiary/aromatic N) is 3. The third kappa shape index (κ3) is 7.12. The zero-order valence-corrected chi connectivity index (χ0v) is 16.9. The summed E-state index contributed by atoms with van der Waals surface area (Å²) in [5, 5.41) is 6.29. The minimum atomic E-state index is -0.536. The lowest BCUT2D eigenvalue weighted by molar-refractivity contribution is -0.130. The molecule has 0 bridgehead atoms. The fourth-order valence-electron chi connectivity index (χ4n) is 2.39. The standard InChI is InChI=1S/C17H26N4O5S/c1-12-9-13(19-26-12)18-14(22)10-27-11-15(23)20-5-7-21(8-6-20)16(24)25-17(2,3)4/h9H,5-8,10-11H2,1-4H3,(H,18,19,22). The van der Waals surface area contributed by atoms with Gasteiger partial charge in [-0.05, 0) is 27.7 Å². The van der Waals surface area contributed by atoms with Gasteiger partial charge in [-0.15, -0.1) is 11.8 Å². The summed E-state index contributed by atoms with van der Waals surface area (Å²) in [6.45, 7) is 9.00. The number of amides is 3. The smallest absolute Gasteiger partial charge is 0.410 e. The van der Waals surface area contributed by atoms with E-state index in [-0.39, 0.29) is 29.4 Å². The Hall–Kier alpha value is -2.23. The van der Waals surface area contributed by atoms with Gasteiger partial charge in [-0.3, -0.25) is 9.59 Å². The van der Waals surface area contributed by atoms with Gasteiger partial charge in [0.1, 0.15) is 11.4 Å². The van der Waals surface area contributed by atoms with Gasteiger partial charge < -0.3 is 24.4 Å². The maximum atomic E-state index is 12.3. The lowest BCUT2D eigenvalue weighted by Gasteiger charge is -2.35. The van der Waals surface area contributed by atoms with Crippen LogP contribution >= 0.6 is 11.8 Å². The first-order valence-electron chi connectivity index (χ1n) is 8.70. The van der Waals surface area contributed by atoms with Crippen molar-refractivity contribution in [2.45, 2.75) is 33.3 Å². The molecule has 0 unspecified atom stereocenters. The molecule has 0 radical (unpaired) electrons. The Kier molecular flexibility index (Phi) is 7.11. The molecule has 1 N–H and O–H groups in total. The Morgan fingerprint density at radius 2 is 1.81 bits per heavy atom. The Morgan fingerprint density at radius 3 is 2.37 bits per heavy atom. The van der Waals surface area contributed by atoms with E-state index in [1.54, 1.807) is 22.8 Å². The first-order chi connectivity index (χ1) is 12.6. The predicted molar refractivity (Wildman–Crippen MR) is 102 cm³/mol. The van der Waals surface area contributed by atoms with E-state index in [4.69, 9.17) is 9.26 Å². The fraction of sp³-hybridized carbons (Fsp3) is 0.647. The fourth-order valence-corrected chi connectivity index (χ4v) is 3.11. The molecule has 0 spiro atoms. The van der Waals surface area contributed by atoms with Crippen LogP contribution < -0.4 is 5.32 Å². The van der Waals surface area contributed by atoms with Crippen molar-refractivity contribution in [3.63, 3.8) is 0 Å². The van der Waals surface area contributed by atoms with Gasteiger partial charge in [-0.25, -0.2) is 4.79 Å². The van der Waals surface area contributed by atoms with Crippen molar-refractivity contribution in [1.82, 2.24) is 15.0 Å². The molecule has 1 aliphatic heterocycles. The summed E-state index contributed by atoms with van der Waals surface area (Å²) in [5.41, 5.74) is -0.536. The molecule has 2 rings (SSSR count). The van der Waals surface area contributed by atoms with Gasteiger partial charge >= 0.3 is 6.09 Å². The number of carbonyl (C=O) groups excluding carboxylic acids is 3. The van der Waals surface area contributed by atoms with Crippen LogP contribution in [-0.2, 0) is 14.3 Å². The topological polar surface area (TPSA) is 105 Å². The third-order valence-corrected chi connectivity index (χ3v) is 4.56. The first-order valence-corrected chi connectivity index (χ1v) is 9.86. The van der Waals surface area contributed by atoms with Crippen LogP contribution in [0.25, 0.3) is 0 Å². The number of aryl methyl sites for hydroxylation is 1. The first kappa shape index (κ1) is 21.1. The average Bonchev–Trinajstić information content (AvgIpc) is 2.98. The molecule has 1 aromatic rings. The molecule has 1 aliphatic rings. The Balaban J connectivity index is 1.65. The van der Waals surface area contributed by atoms with Crippen molar-refractivity contribution in [2.24, 2.45) is 0 Å². The van der Waals surface area contributed by atoms with Crippen molar-refractivity contribution in [1.29, 1.82) is 0 Å². The molecule has 1 fully saturated rings. The molecule has 1 saturated heterocycles. The number of rotatable bonds is 5. The summed E-state index contributed by atoms with van der Waals surface area (Å²) >= 11 is 1.24. The van der Waals surface area contributed by atoms with E-state index in [0.717, 1.165) is 0 Å². The van der Waals surface area contributed by atoms with Gasteiger partial charge in [-0.2, -0.15) is 0 Å². The van der Waals surface area contributed by atoms with E-state index in [1.807, 2.05) is 20.8 Å². The molecule has 9 nitrogen and oxygen atoms in total. The molecule has 0 aliphatic carbocycles. The maximum absolute atomic E-state index is 12.3. The second kappa shape index (κ2) is 9.12. The molecule has 0 saturated carbocycles. The molecule has 2 heterocycles. The normalized spacial score (nSPS) is 14.8. The van der Waals surface area contributed by atoms with Gasteiger partial charge in [0.25, 0.3) is 0 Å². The SMILES string of the molecule is Cc1cc(NC(=O)CSCC(=O)N2CCN(C(=O)OC(C)(C)C)CC2)no1. The lowest BCUT2D eigenvalue weighted by atomic mass is 10.2. The van der Waals surface area contributed by atoms with E-state index in [0.29, 0.717) is 37.8 Å². The molecular formula is C17H26N4O5S. The number of hydrogen-bond acceptors (Lipinski definition) is 7. The molecule has 1 aromatic heterocycles. The van der Waals surface area contributed by atoms with E-state index >= 15 is 0 Å². The number of anilines is 1. The summed E-state index contributed by atoms with van der Waals surface area (Å²) < 4.78 is 10.2. The molecule has 0 atom stereocenters. The summed E-state index contributed by atoms with van der Waals surface area (Å²) in [5.74, 6) is 1.04. The highest BCUT2D eigenvalue weighted by molar-refractivity contribution is 8.00. The van der Waals surface area contributed by atoms with Crippen molar-refractivity contribution in [3.8, 4) is 0 Å². The van der Waals surface area contributed by atoms with E-state index in [1.165, 1.54) is 11.8 Å². The highest BCUT2D eigenvalue weighted by Gasteiger charge is 2.27. The third-order valence-electron chi connectivity index (χ3n) is 3.64. The number of hydrogen-bond donors (Lipinski definition) is 1. The van der Waals surface area contributed by atoms with Crippen LogP contribution in [0.5, 0.6) is 0 Å². The van der Waals surface area contributed by atoms with Crippen LogP contribution in [-0.4, -0.2) is 76.1 Å². The largest absolute Gasteiger partial charge is 0.444 e. The number of piperazine rings is 1. The molecule has 0 aromatic carbocycles. The van der Waals surface area contributed by atoms with Crippen LogP contribution in [0.3, 0.4) is 0 Å². The Morgan fingerprint density at radius 1 is 1.19 bits per heavy atom. The Labute approximate surface area is 162 Å². The van der Waals surface area contributed by atoms with Crippen molar-refractivity contribution in [3.05, 3.63) is 11.8 Å². The molecule has 3 amide bonds. The zero-order chi connectivity index (χ0) is 20.0. The highest BCUT2D eigenvalue weighted by atomic mass is 32.2. The average molecular weight is 398 g/mol. The predicted octanol–water partition coefficient (Wildman–Crippen LogP) is 1.73. The van der Waals surface area contributed by atoms with Crippen LogP contribution in [0.1, 0.15) is 26.5 Å². The summed E-state index contributed by atoms with van der Waals surface area (Å²) in [6.07, 6.45) is -0.358. The number of ether oxygens (including phenoxy) is 1. The van der Waals surface area contributed by atoms with Gasteiger partial charge in [-0.1, -0.05) is 5.16 Å². The van der Waals surface area contributed by atoms with Gasteiger partial charge in [0.2, 0.25) is 11.8 Å². The minimum absolute atomic E-state index is 0.0473. The van der Waals surface area contributed by atoms with Crippen molar-refractivity contribution < 1.29 is 23.6 Å². The van der Waals surface area contributed by atoms with Crippen LogP contribution in [0, 0.1) is 6.92 Å². The monoisotopic (exact) mass is 398 g/mol. The Bertz CT molecular complexity index is 677. The number of carbonyl (C=O) groups is 3. The second-order valence-electron chi connectivity index (χ2n) is 7.21. The van der Waals surface area contributed by atoms with Crippen LogP contribution in [0.15, 0.2) is 10.6 Å². The van der Waals surface area contributed by atoms with Gasteiger partial charge in [0.05, 0.1) is 11.5 Å². The summed E-state index contributed by atoms with van der Waals surface area (Å²) in [6, 6.07) is 1.62. The maximum Gasteiger partial charge on any atom is 0.410 e. The van der Waals surface area contributed by atoms with Gasteiger partial charge in [0, 0.05) is 32.2 Å². The number of nitrogens with one attached hydrogen (secondary N) is 1. The minimum Gasteiger partial charge on any atom is -0.444 e.